The van der Waals surface area contributed by atoms with Gasteiger partial charge in [-0.1, -0.05) is 43.2 Å². The molecular formula is C17H20BrN3O2. The molecule has 1 aliphatic rings. The van der Waals surface area contributed by atoms with Gasteiger partial charge in [-0.05, 0) is 34.3 Å². The molecule has 3 rings (SSSR count). The first-order valence-corrected chi connectivity index (χ1v) is 8.68. The lowest BCUT2D eigenvalue weighted by atomic mass is 9.90. The quantitative estimate of drug-likeness (QED) is 0.873. The van der Waals surface area contributed by atoms with Crippen molar-refractivity contribution < 1.29 is 9.53 Å². The zero-order valence-electron chi connectivity index (χ0n) is 12.8. The summed E-state index contributed by atoms with van der Waals surface area (Å²) in [6, 6.07) is 9.93. The molecule has 5 nitrogen and oxygen atoms in total. The number of ether oxygens (including phenoxy) is 1. The monoisotopic (exact) mass is 377 g/mol. The molecule has 1 saturated carbocycles. The van der Waals surface area contributed by atoms with Crippen LogP contribution in [0.3, 0.4) is 0 Å². The Kier molecular flexibility index (Phi) is 5.33. The zero-order valence-corrected chi connectivity index (χ0v) is 14.4. The fourth-order valence-corrected chi connectivity index (χ4v) is 3.31. The minimum absolute atomic E-state index is 0.0545. The molecule has 1 aliphatic carbocycles. The standard InChI is InChI=1S/C17H20BrN3O2/c18-14-10-19-21(11-14)16-9-5-4-8-15(16)20-17(22)23-12-13-6-2-1-3-7-13/h1-3,6-7,10-11,15-16H,4-5,8-9,12H2,(H,20,22)/t15-,16+/m0/s1. The Morgan fingerprint density at radius 2 is 2.09 bits per heavy atom. The highest BCUT2D eigenvalue weighted by Crippen LogP contribution is 2.29. The fraction of sp³-hybridized carbons (Fsp3) is 0.412. The van der Waals surface area contributed by atoms with E-state index in [-0.39, 0.29) is 24.8 Å². The van der Waals surface area contributed by atoms with Gasteiger partial charge in [0.1, 0.15) is 6.61 Å². The molecule has 1 fully saturated rings. The predicted octanol–water partition coefficient (Wildman–Crippen LogP) is 4.06. The van der Waals surface area contributed by atoms with Crippen LogP contribution in [0.2, 0.25) is 0 Å². The van der Waals surface area contributed by atoms with Gasteiger partial charge in [0.2, 0.25) is 0 Å². The minimum atomic E-state index is -0.364. The maximum absolute atomic E-state index is 12.1. The molecule has 0 saturated heterocycles. The Hall–Kier alpha value is -1.82. The van der Waals surface area contributed by atoms with E-state index < -0.39 is 0 Å². The number of benzene rings is 1. The molecule has 1 aromatic heterocycles. The van der Waals surface area contributed by atoms with Crippen LogP contribution in [0.25, 0.3) is 0 Å². The van der Waals surface area contributed by atoms with E-state index in [0.29, 0.717) is 0 Å². The summed E-state index contributed by atoms with van der Waals surface area (Å²) in [4.78, 5) is 12.1. The van der Waals surface area contributed by atoms with E-state index in [1.54, 1.807) is 6.20 Å². The number of carbonyl (C=O) groups is 1. The Balaban J connectivity index is 1.57. The van der Waals surface area contributed by atoms with E-state index in [4.69, 9.17) is 4.74 Å². The lowest BCUT2D eigenvalue weighted by Gasteiger charge is -2.32. The van der Waals surface area contributed by atoms with Crippen LogP contribution in [0, 0.1) is 0 Å². The number of hydrogen-bond donors (Lipinski definition) is 1. The molecule has 2 atom stereocenters. The molecule has 0 aliphatic heterocycles. The Labute approximate surface area is 144 Å². The summed E-state index contributed by atoms with van der Waals surface area (Å²) < 4.78 is 8.22. The van der Waals surface area contributed by atoms with Crippen molar-refractivity contribution in [2.45, 2.75) is 44.4 Å². The number of nitrogens with zero attached hydrogens (tertiary/aromatic N) is 2. The van der Waals surface area contributed by atoms with Gasteiger partial charge < -0.3 is 10.1 Å². The number of aromatic nitrogens is 2. The third-order valence-corrected chi connectivity index (χ3v) is 4.56. The maximum atomic E-state index is 12.1. The van der Waals surface area contributed by atoms with Crippen LogP contribution < -0.4 is 5.32 Å². The van der Waals surface area contributed by atoms with Crippen LogP contribution in [0.5, 0.6) is 0 Å². The summed E-state index contributed by atoms with van der Waals surface area (Å²) in [5, 5.41) is 7.38. The summed E-state index contributed by atoms with van der Waals surface area (Å²) >= 11 is 3.42. The first-order chi connectivity index (χ1) is 11.2. The number of rotatable bonds is 4. The van der Waals surface area contributed by atoms with Gasteiger partial charge >= 0.3 is 6.09 Å². The Morgan fingerprint density at radius 3 is 2.83 bits per heavy atom. The molecule has 0 bridgehead atoms. The largest absolute Gasteiger partial charge is 0.445 e. The summed E-state index contributed by atoms with van der Waals surface area (Å²) in [5.41, 5.74) is 0.985. The van der Waals surface area contributed by atoms with Crippen molar-refractivity contribution in [1.82, 2.24) is 15.1 Å². The number of nitrogens with one attached hydrogen (secondary N) is 1. The Morgan fingerprint density at radius 1 is 1.30 bits per heavy atom. The van der Waals surface area contributed by atoms with Crippen molar-refractivity contribution in [2.24, 2.45) is 0 Å². The molecular weight excluding hydrogens is 358 g/mol. The number of amides is 1. The summed E-state index contributed by atoms with van der Waals surface area (Å²) in [6.45, 7) is 0.289. The molecule has 6 heteroatoms. The van der Waals surface area contributed by atoms with Gasteiger partial charge in [0.05, 0.1) is 22.8 Å². The first kappa shape index (κ1) is 16.1. The molecule has 1 heterocycles. The van der Waals surface area contributed by atoms with E-state index in [0.717, 1.165) is 35.7 Å². The van der Waals surface area contributed by atoms with Crippen molar-refractivity contribution in [3.8, 4) is 0 Å². The van der Waals surface area contributed by atoms with Crippen LogP contribution in [-0.4, -0.2) is 21.9 Å². The molecule has 122 valence electrons. The van der Waals surface area contributed by atoms with Gasteiger partial charge in [0.25, 0.3) is 0 Å². The number of halogens is 1. The summed E-state index contributed by atoms with van der Waals surface area (Å²) in [7, 11) is 0. The van der Waals surface area contributed by atoms with Crippen LogP contribution in [0.1, 0.15) is 37.3 Å². The zero-order chi connectivity index (χ0) is 16.1. The number of hydrogen-bond acceptors (Lipinski definition) is 3. The Bertz CT molecular complexity index is 644. The molecule has 1 N–H and O–H groups in total. The van der Waals surface area contributed by atoms with Gasteiger partial charge in [0, 0.05) is 6.20 Å². The highest BCUT2D eigenvalue weighted by atomic mass is 79.9. The SMILES string of the molecule is O=C(N[C@H]1CCCC[C@H]1n1cc(Br)cn1)OCc1ccccc1. The third kappa shape index (κ3) is 4.34. The van der Waals surface area contributed by atoms with E-state index in [2.05, 4.69) is 26.3 Å². The second-order valence-corrected chi connectivity index (χ2v) is 6.72. The van der Waals surface area contributed by atoms with Crippen molar-refractivity contribution in [3.05, 3.63) is 52.8 Å². The molecule has 0 radical (unpaired) electrons. The maximum Gasteiger partial charge on any atom is 0.407 e. The summed E-state index contributed by atoms with van der Waals surface area (Å²) in [5.74, 6) is 0. The molecule has 2 aromatic rings. The fourth-order valence-electron chi connectivity index (χ4n) is 3.01. The highest BCUT2D eigenvalue weighted by molar-refractivity contribution is 9.10. The molecule has 1 aromatic carbocycles. The van der Waals surface area contributed by atoms with Crippen LogP contribution in [0.4, 0.5) is 4.79 Å². The molecule has 23 heavy (non-hydrogen) atoms. The van der Waals surface area contributed by atoms with Crippen LogP contribution in [0.15, 0.2) is 47.2 Å². The summed E-state index contributed by atoms with van der Waals surface area (Å²) in [6.07, 6.45) is 7.60. The van der Waals surface area contributed by atoms with Crippen LogP contribution in [-0.2, 0) is 11.3 Å². The van der Waals surface area contributed by atoms with Gasteiger partial charge in [-0.3, -0.25) is 4.68 Å². The number of carbonyl (C=O) groups excluding carboxylic acids is 1. The average molecular weight is 378 g/mol. The third-order valence-electron chi connectivity index (χ3n) is 4.16. The highest BCUT2D eigenvalue weighted by Gasteiger charge is 2.28. The molecule has 0 spiro atoms. The van der Waals surface area contributed by atoms with Gasteiger partial charge in [-0.15, -0.1) is 0 Å². The lowest BCUT2D eigenvalue weighted by Crippen LogP contribution is -2.43. The molecule has 1 amide bonds. The second-order valence-electron chi connectivity index (χ2n) is 5.80. The van der Waals surface area contributed by atoms with E-state index in [9.17, 15) is 4.79 Å². The number of alkyl carbamates (subject to hydrolysis) is 1. The molecule has 0 unspecified atom stereocenters. The van der Waals surface area contributed by atoms with Crippen molar-refractivity contribution in [3.63, 3.8) is 0 Å². The first-order valence-electron chi connectivity index (χ1n) is 7.89. The smallest absolute Gasteiger partial charge is 0.407 e. The van der Waals surface area contributed by atoms with Crippen molar-refractivity contribution in [2.75, 3.05) is 0 Å². The van der Waals surface area contributed by atoms with Gasteiger partial charge in [-0.2, -0.15) is 5.10 Å². The van der Waals surface area contributed by atoms with E-state index in [1.807, 2.05) is 41.2 Å². The van der Waals surface area contributed by atoms with E-state index in [1.165, 1.54) is 0 Å². The normalized spacial score (nSPS) is 20.9. The van der Waals surface area contributed by atoms with Crippen molar-refractivity contribution >= 4 is 22.0 Å². The van der Waals surface area contributed by atoms with Crippen molar-refractivity contribution in [1.29, 1.82) is 0 Å². The second kappa shape index (κ2) is 7.64. The van der Waals surface area contributed by atoms with Gasteiger partial charge in [0.15, 0.2) is 0 Å². The predicted molar refractivity (Wildman–Crippen MR) is 91.0 cm³/mol. The average Bonchev–Trinajstić information content (AvgIpc) is 3.01. The van der Waals surface area contributed by atoms with Crippen LogP contribution >= 0.6 is 15.9 Å². The minimum Gasteiger partial charge on any atom is -0.445 e. The van der Waals surface area contributed by atoms with E-state index >= 15 is 0 Å². The lowest BCUT2D eigenvalue weighted by molar-refractivity contribution is 0.126. The van der Waals surface area contributed by atoms with Gasteiger partial charge in [-0.25, -0.2) is 4.79 Å². The topological polar surface area (TPSA) is 56.2 Å².